The largest absolute Gasteiger partial charge is 0.351 e. The van der Waals surface area contributed by atoms with E-state index in [2.05, 4.69) is 25.1 Å². The second-order valence-electron chi connectivity index (χ2n) is 8.21. The van der Waals surface area contributed by atoms with Crippen molar-refractivity contribution < 1.29 is 4.79 Å². The summed E-state index contributed by atoms with van der Waals surface area (Å²) in [5.41, 5.74) is 3.09. The molecule has 0 radical (unpaired) electrons. The second-order valence-corrected chi connectivity index (χ2v) is 8.65. The van der Waals surface area contributed by atoms with Gasteiger partial charge in [0.2, 0.25) is 5.95 Å². The van der Waals surface area contributed by atoms with Crippen LogP contribution in [0.3, 0.4) is 0 Å². The van der Waals surface area contributed by atoms with E-state index < -0.39 is 0 Å². The SMILES string of the molecule is O=C(NCCN1CCN(c2ncccn2)CC1)c1cc(-c2ccc(Cl)cc2)nc2ccccc12. The number of benzene rings is 2. The van der Waals surface area contributed by atoms with Crippen molar-refractivity contribution in [3.63, 3.8) is 0 Å². The van der Waals surface area contributed by atoms with Crippen LogP contribution in [0.5, 0.6) is 0 Å². The molecule has 0 aliphatic carbocycles. The number of aromatic nitrogens is 3. The molecule has 1 fully saturated rings. The predicted molar refractivity (Wildman–Crippen MR) is 135 cm³/mol. The van der Waals surface area contributed by atoms with Gasteiger partial charge >= 0.3 is 0 Å². The minimum absolute atomic E-state index is 0.0925. The topological polar surface area (TPSA) is 74.2 Å². The zero-order valence-electron chi connectivity index (χ0n) is 18.7. The van der Waals surface area contributed by atoms with Gasteiger partial charge in [-0.1, -0.05) is 41.9 Å². The van der Waals surface area contributed by atoms with Gasteiger partial charge < -0.3 is 10.2 Å². The van der Waals surface area contributed by atoms with E-state index in [9.17, 15) is 4.79 Å². The fraction of sp³-hybridized carbons (Fsp3) is 0.231. The highest BCUT2D eigenvalue weighted by molar-refractivity contribution is 6.30. The van der Waals surface area contributed by atoms with Crippen molar-refractivity contribution in [3.05, 3.63) is 83.6 Å². The molecule has 0 spiro atoms. The molecule has 1 saturated heterocycles. The summed E-state index contributed by atoms with van der Waals surface area (Å²) >= 11 is 6.04. The number of pyridine rings is 1. The number of carbonyl (C=O) groups is 1. The minimum atomic E-state index is -0.0925. The first kappa shape index (κ1) is 22.3. The number of anilines is 1. The fourth-order valence-electron chi connectivity index (χ4n) is 4.18. The molecule has 4 aromatic rings. The Bertz CT molecular complexity index is 1270. The average molecular weight is 473 g/mol. The summed E-state index contributed by atoms with van der Waals surface area (Å²) in [6.45, 7) is 4.94. The van der Waals surface area contributed by atoms with Crippen molar-refractivity contribution in [3.8, 4) is 11.3 Å². The lowest BCUT2D eigenvalue weighted by Gasteiger charge is -2.34. The number of nitrogens with zero attached hydrogens (tertiary/aromatic N) is 5. The van der Waals surface area contributed by atoms with Gasteiger partial charge in [0.05, 0.1) is 16.8 Å². The van der Waals surface area contributed by atoms with E-state index in [0.29, 0.717) is 17.1 Å². The molecule has 1 N–H and O–H groups in total. The molecule has 34 heavy (non-hydrogen) atoms. The maximum absolute atomic E-state index is 13.2. The fourth-order valence-corrected chi connectivity index (χ4v) is 4.31. The average Bonchev–Trinajstić information content (AvgIpc) is 2.89. The van der Waals surface area contributed by atoms with Gasteiger partial charge in [-0.3, -0.25) is 9.69 Å². The number of hydrogen-bond donors (Lipinski definition) is 1. The number of hydrogen-bond acceptors (Lipinski definition) is 6. The second kappa shape index (κ2) is 10.2. The smallest absolute Gasteiger partial charge is 0.252 e. The number of piperazine rings is 1. The van der Waals surface area contributed by atoms with Crippen LogP contribution in [0.15, 0.2) is 73.1 Å². The molecule has 5 rings (SSSR count). The standard InChI is InChI=1S/C26H25ClN6O/c27-20-8-6-19(7-9-20)24-18-22(21-4-1-2-5-23(21)31-24)25(34)28-12-13-32-14-16-33(17-15-32)26-29-10-3-11-30-26/h1-11,18H,12-17H2,(H,28,34). The van der Waals surface area contributed by atoms with E-state index in [0.717, 1.165) is 60.8 Å². The number of para-hydroxylation sites is 1. The monoisotopic (exact) mass is 472 g/mol. The van der Waals surface area contributed by atoms with E-state index in [1.807, 2.05) is 60.7 Å². The maximum atomic E-state index is 13.2. The van der Waals surface area contributed by atoms with Crippen LogP contribution in [0.25, 0.3) is 22.2 Å². The molecule has 1 amide bonds. The Balaban J connectivity index is 1.24. The summed E-state index contributed by atoms with van der Waals surface area (Å²) in [5.74, 6) is 0.682. The summed E-state index contributed by atoms with van der Waals surface area (Å²) in [6.07, 6.45) is 3.54. The summed E-state index contributed by atoms with van der Waals surface area (Å²) in [7, 11) is 0. The molecule has 1 aliphatic heterocycles. The highest BCUT2D eigenvalue weighted by Crippen LogP contribution is 2.26. The van der Waals surface area contributed by atoms with Gasteiger partial charge in [-0.2, -0.15) is 0 Å². The molecule has 2 aromatic heterocycles. The van der Waals surface area contributed by atoms with Crippen LogP contribution in [0.4, 0.5) is 5.95 Å². The normalized spacial score (nSPS) is 14.3. The molecule has 0 bridgehead atoms. The van der Waals surface area contributed by atoms with E-state index in [4.69, 9.17) is 16.6 Å². The van der Waals surface area contributed by atoms with Gasteiger partial charge in [-0.05, 0) is 30.3 Å². The molecule has 0 atom stereocenters. The lowest BCUT2D eigenvalue weighted by molar-refractivity contribution is 0.0949. The lowest BCUT2D eigenvalue weighted by Crippen LogP contribution is -2.49. The van der Waals surface area contributed by atoms with Gasteiger partial charge in [-0.15, -0.1) is 0 Å². The Hall–Kier alpha value is -3.55. The molecule has 7 nitrogen and oxygen atoms in total. The third-order valence-corrected chi connectivity index (χ3v) is 6.27. The van der Waals surface area contributed by atoms with Crippen molar-refractivity contribution in [1.82, 2.24) is 25.2 Å². The summed E-state index contributed by atoms with van der Waals surface area (Å²) < 4.78 is 0. The quantitative estimate of drug-likeness (QED) is 0.459. The first-order valence-electron chi connectivity index (χ1n) is 11.4. The zero-order chi connectivity index (χ0) is 23.3. The van der Waals surface area contributed by atoms with E-state index in [1.165, 1.54) is 0 Å². The number of halogens is 1. The Kier molecular flexibility index (Phi) is 6.65. The highest BCUT2D eigenvalue weighted by atomic mass is 35.5. The third kappa shape index (κ3) is 5.00. The summed E-state index contributed by atoms with van der Waals surface area (Å²) in [5, 5.41) is 4.61. The maximum Gasteiger partial charge on any atom is 0.252 e. The predicted octanol–water partition coefficient (Wildman–Crippen LogP) is 3.90. The van der Waals surface area contributed by atoms with Gasteiger partial charge in [0.15, 0.2) is 0 Å². The Morgan fingerprint density at radius 1 is 0.941 bits per heavy atom. The molecule has 3 heterocycles. The van der Waals surface area contributed by atoms with Gasteiger partial charge in [0, 0.05) is 67.6 Å². The van der Waals surface area contributed by atoms with Crippen molar-refractivity contribution in [2.45, 2.75) is 0 Å². The van der Waals surface area contributed by atoms with E-state index in [1.54, 1.807) is 12.4 Å². The summed E-state index contributed by atoms with van der Waals surface area (Å²) in [6, 6.07) is 18.9. The van der Waals surface area contributed by atoms with Crippen LogP contribution in [-0.2, 0) is 0 Å². The third-order valence-electron chi connectivity index (χ3n) is 6.02. The number of carbonyl (C=O) groups excluding carboxylic acids is 1. The van der Waals surface area contributed by atoms with Crippen LogP contribution >= 0.6 is 11.6 Å². The van der Waals surface area contributed by atoms with E-state index in [-0.39, 0.29) is 5.91 Å². The van der Waals surface area contributed by atoms with Crippen molar-refractivity contribution in [2.24, 2.45) is 0 Å². The number of fused-ring (bicyclic) bond motifs is 1. The first-order chi connectivity index (χ1) is 16.7. The van der Waals surface area contributed by atoms with Crippen LogP contribution in [-0.4, -0.2) is 65.0 Å². The number of rotatable bonds is 6. The van der Waals surface area contributed by atoms with Crippen molar-refractivity contribution in [1.29, 1.82) is 0 Å². The Labute approximate surface area is 203 Å². The van der Waals surface area contributed by atoms with Gasteiger partial charge in [0.1, 0.15) is 0 Å². The first-order valence-corrected chi connectivity index (χ1v) is 11.7. The highest BCUT2D eigenvalue weighted by Gasteiger charge is 2.19. The van der Waals surface area contributed by atoms with Crippen LogP contribution in [0, 0.1) is 0 Å². The zero-order valence-corrected chi connectivity index (χ0v) is 19.4. The Morgan fingerprint density at radius 3 is 2.44 bits per heavy atom. The van der Waals surface area contributed by atoms with Gasteiger partial charge in [0.25, 0.3) is 5.91 Å². The van der Waals surface area contributed by atoms with Gasteiger partial charge in [-0.25, -0.2) is 15.0 Å². The van der Waals surface area contributed by atoms with Crippen LogP contribution in [0.1, 0.15) is 10.4 Å². The molecule has 172 valence electrons. The summed E-state index contributed by atoms with van der Waals surface area (Å²) in [4.78, 5) is 31.1. The molecule has 8 heteroatoms. The number of amides is 1. The molecule has 2 aromatic carbocycles. The molecular weight excluding hydrogens is 448 g/mol. The number of nitrogens with one attached hydrogen (secondary N) is 1. The van der Waals surface area contributed by atoms with Crippen LogP contribution < -0.4 is 10.2 Å². The minimum Gasteiger partial charge on any atom is -0.351 e. The van der Waals surface area contributed by atoms with Crippen molar-refractivity contribution in [2.75, 3.05) is 44.2 Å². The molecule has 1 aliphatic rings. The van der Waals surface area contributed by atoms with Crippen molar-refractivity contribution >= 4 is 34.4 Å². The lowest BCUT2D eigenvalue weighted by atomic mass is 10.0. The Morgan fingerprint density at radius 2 is 1.68 bits per heavy atom. The molecular formula is C26H25ClN6O. The molecule has 0 unspecified atom stereocenters. The van der Waals surface area contributed by atoms with Crippen LogP contribution in [0.2, 0.25) is 5.02 Å². The molecule has 0 saturated carbocycles. The van der Waals surface area contributed by atoms with E-state index >= 15 is 0 Å².